The second-order valence-electron chi connectivity index (χ2n) is 6.88. The van der Waals surface area contributed by atoms with Gasteiger partial charge in [0.25, 0.3) is 5.69 Å². The summed E-state index contributed by atoms with van der Waals surface area (Å²) < 4.78 is 2.15. The molecule has 0 saturated heterocycles. The molecule has 6 heteroatoms. The van der Waals surface area contributed by atoms with Crippen LogP contribution in [0.5, 0.6) is 0 Å². The number of nitrogens with zero attached hydrogens (tertiary/aromatic N) is 3. The van der Waals surface area contributed by atoms with E-state index in [-0.39, 0.29) is 10.6 Å². The Morgan fingerprint density at radius 3 is 2.67 bits per heavy atom. The maximum Gasteiger partial charge on any atom is 0.270 e. The van der Waals surface area contributed by atoms with Crippen LogP contribution in [0.25, 0.3) is 16.9 Å². The average molecular weight is 379 g/mol. The smallest absolute Gasteiger partial charge is 0.270 e. The number of aryl methyl sites for hydroxylation is 1. The number of para-hydroxylation sites is 1. The molecule has 0 amide bonds. The molecule has 27 heavy (non-hydrogen) atoms. The summed E-state index contributed by atoms with van der Waals surface area (Å²) in [6.45, 7) is 2.08. The molecular weight excluding hydrogens is 358 g/mol. The van der Waals surface area contributed by atoms with Crippen LogP contribution in [0.1, 0.15) is 31.2 Å². The Kier molecular flexibility index (Phi) is 4.99. The van der Waals surface area contributed by atoms with Crippen LogP contribution in [0.2, 0.25) is 0 Å². The van der Waals surface area contributed by atoms with Crippen molar-refractivity contribution in [2.75, 3.05) is 0 Å². The summed E-state index contributed by atoms with van der Waals surface area (Å²) in [4.78, 5) is 15.6. The number of hydrogen-bond donors (Lipinski definition) is 0. The number of hydrogen-bond acceptors (Lipinski definition) is 4. The second-order valence-corrected chi connectivity index (χ2v) is 8.15. The molecule has 1 aliphatic rings. The Labute approximate surface area is 162 Å². The highest BCUT2D eigenvalue weighted by molar-refractivity contribution is 7.99. The van der Waals surface area contributed by atoms with Crippen molar-refractivity contribution in [3.63, 3.8) is 0 Å². The average Bonchev–Trinajstić information content (AvgIpc) is 3.33. The van der Waals surface area contributed by atoms with Crippen molar-refractivity contribution in [1.29, 1.82) is 0 Å². The van der Waals surface area contributed by atoms with Gasteiger partial charge in [-0.1, -0.05) is 54.9 Å². The first-order valence-electron chi connectivity index (χ1n) is 9.19. The highest BCUT2D eigenvalue weighted by Gasteiger charge is 2.22. The molecule has 2 aromatic carbocycles. The number of nitro benzene ring substituents is 1. The van der Waals surface area contributed by atoms with E-state index >= 15 is 0 Å². The van der Waals surface area contributed by atoms with Gasteiger partial charge in [0.2, 0.25) is 0 Å². The number of thioether (sulfide) groups is 1. The van der Waals surface area contributed by atoms with E-state index < -0.39 is 0 Å². The topological polar surface area (TPSA) is 61.0 Å². The van der Waals surface area contributed by atoms with Crippen molar-refractivity contribution < 1.29 is 4.92 Å². The molecule has 0 aliphatic heterocycles. The SMILES string of the molecule is Cc1ccccc1-n1c(-c2cccc([N+](=O)[O-])c2)cnc1SC1CCCC1. The molecule has 0 unspecified atom stereocenters. The minimum absolute atomic E-state index is 0.0926. The molecule has 1 heterocycles. The molecule has 1 aromatic heterocycles. The molecular formula is C21H21N3O2S. The van der Waals surface area contributed by atoms with Crippen LogP contribution in [0, 0.1) is 17.0 Å². The third kappa shape index (κ3) is 3.62. The first-order chi connectivity index (χ1) is 13.1. The Hall–Kier alpha value is -2.60. The Morgan fingerprint density at radius 1 is 1.15 bits per heavy atom. The van der Waals surface area contributed by atoms with Gasteiger partial charge in [-0.25, -0.2) is 4.98 Å². The molecule has 0 bridgehead atoms. The maximum atomic E-state index is 11.2. The Bertz CT molecular complexity index is 977. The van der Waals surface area contributed by atoms with E-state index in [4.69, 9.17) is 4.98 Å². The van der Waals surface area contributed by atoms with Crippen molar-refractivity contribution >= 4 is 17.4 Å². The zero-order chi connectivity index (χ0) is 18.8. The Morgan fingerprint density at radius 2 is 1.93 bits per heavy atom. The predicted molar refractivity (Wildman–Crippen MR) is 109 cm³/mol. The third-order valence-corrected chi connectivity index (χ3v) is 6.32. The minimum Gasteiger partial charge on any atom is -0.287 e. The lowest BCUT2D eigenvalue weighted by Gasteiger charge is -2.16. The Balaban J connectivity index is 1.84. The van der Waals surface area contributed by atoms with Crippen LogP contribution in [0.15, 0.2) is 59.9 Å². The normalized spacial score (nSPS) is 14.6. The van der Waals surface area contributed by atoms with Crippen LogP contribution in [0.4, 0.5) is 5.69 Å². The highest BCUT2D eigenvalue weighted by Crippen LogP contribution is 2.38. The van der Waals surface area contributed by atoms with E-state index in [0.29, 0.717) is 5.25 Å². The van der Waals surface area contributed by atoms with Gasteiger partial charge >= 0.3 is 0 Å². The standard InChI is InChI=1S/C21H21N3O2S/c1-15-7-2-5-12-19(15)23-20(16-8-6-9-17(13-16)24(25)26)14-22-21(23)27-18-10-3-4-11-18/h2,5-9,12-14,18H,3-4,10-11H2,1H3. The lowest BCUT2D eigenvalue weighted by molar-refractivity contribution is -0.384. The molecule has 1 fully saturated rings. The van der Waals surface area contributed by atoms with Crippen LogP contribution in [-0.4, -0.2) is 19.7 Å². The fraction of sp³-hybridized carbons (Fsp3) is 0.286. The van der Waals surface area contributed by atoms with Gasteiger partial charge in [0.1, 0.15) is 0 Å². The molecule has 3 aromatic rings. The molecule has 0 radical (unpaired) electrons. The van der Waals surface area contributed by atoms with Crippen LogP contribution in [-0.2, 0) is 0 Å². The van der Waals surface area contributed by atoms with E-state index in [2.05, 4.69) is 23.6 Å². The molecule has 1 saturated carbocycles. The van der Waals surface area contributed by atoms with Crippen molar-refractivity contribution in [2.45, 2.75) is 43.0 Å². The van der Waals surface area contributed by atoms with Crippen molar-refractivity contribution in [1.82, 2.24) is 9.55 Å². The van der Waals surface area contributed by atoms with Gasteiger partial charge in [-0.3, -0.25) is 14.7 Å². The molecule has 0 atom stereocenters. The molecule has 1 aliphatic carbocycles. The first-order valence-corrected chi connectivity index (χ1v) is 10.1. The summed E-state index contributed by atoms with van der Waals surface area (Å²) in [5, 5.41) is 12.8. The summed E-state index contributed by atoms with van der Waals surface area (Å²) in [7, 11) is 0. The summed E-state index contributed by atoms with van der Waals surface area (Å²) in [6.07, 6.45) is 6.83. The fourth-order valence-corrected chi connectivity index (χ4v) is 4.89. The van der Waals surface area contributed by atoms with E-state index in [1.54, 1.807) is 12.1 Å². The minimum atomic E-state index is -0.355. The van der Waals surface area contributed by atoms with Gasteiger partial charge < -0.3 is 0 Å². The summed E-state index contributed by atoms with van der Waals surface area (Å²) >= 11 is 1.83. The monoisotopic (exact) mass is 379 g/mol. The first kappa shape index (κ1) is 17.8. The summed E-state index contributed by atoms with van der Waals surface area (Å²) in [6, 6.07) is 15.0. The quantitative estimate of drug-likeness (QED) is 0.416. The van der Waals surface area contributed by atoms with Crippen LogP contribution >= 0.6 is 11.8 Å². The predicted octanol–water partition coefficient (Wildman–Crippen LogP) is 5.79. The van der Waals surface area contributed by atoms with Gasteiger partial charge in [-0.05, 0) is 31.4 Å². The maximum absolute atomic E-state index is 11.2. The lowest BCUT2D eigenvalue weighted by Crippen LogP contribution is -2.04. The van der Waals surface area contributed by atoms with Gasteiger partial charge in [0.05, 0.1) is 22.5 Å². The van der Waals surface area contributed by atoms with Crippen molar-refractivity contribution in [3.8, 4) is 16.9 Å². The van der Waals surface area contributed by atoms with E-state index in [0.717, 1.165) is 27.7 Å². The van der Waals surface area contributed by atoms with Gasteiger partial charge in [0.15, 0.2) is 5.16 Å². The molecule has 5 nitrogen and oxygen atoms in total. The number of benzene rings is 2. The summed E-state index contributed by atoms with van der Waals surface area (Å²) in [5.74, 6) is 0. The van der Waals surface area contributed by atoms with Crippen LogP contribution < -0.4 is 0 Å². The number of nitro groups is 1. The second kappa shape index (κ2) is 7.56. The third-order valence-electron chi connectivity index (χ3n) is 5.01. The van der Waals surface area contributed by atoms with E-state index in [1.165, 1.54) is 31.7 Å². The number of non-ortho nitro benzene ring substituents is 1. The number of aromatic nitrogens is 2. The van der Waals surface area contributed by atoms with Gasteiger partial charge in [-0.15, -0.1) is 0 Å². The van der Waals surface area contributed by atoms with E-state index in [1.807, 2.05) is 36.2 Å². The van der Waals surface area contributed by atoms with Crippen molar-refractivity contribution in [2.24, 2.45) is 0 Å². The van der Waals surface area contributed by atoms with Gasteiger partial charge in [-0.2, -0.15) is 0 Å². The molecule has 4 rings (SSSR count). The van der Waals surface area contributed by atoms with Crippen molar-refractivity contribution in [3.05, 3.63) is 70.4 Å². The molecule has 0 N–H and O–H groups in total. The van der Waals surface area contributed by atoms with Gasteiger partial charge in [0, 0.05) is 22.9 Å². The lowest BCUT2D eigenvalue weighted by atomic mass is 10.1. The highest BCUT2D eigenvalue weighted by atomic mass is 32.2. The largest absolute Gasteiger partial charge is 0.287 e. The molecule has 0 spiro atoms. The molecule has 138 valence electrons. The summed E-state index contributed by atoms with van der Waals surface area (Å²) in [5.41, 5.74) is 3.99. The zero-order valence-corrected chi connectivity index (χ0v) is 16.0. The van der Waals surface area contributed by atoms with E-state index in [9.17, 15) is 10.1 Å². The zero-order valence-electron chi connectivity index (χ0n) is 15.2. The fourth-order valence-electron chi connectivity index (χ4n) is 3.60. The van der Waals surface area contributed by atoms with Crippen LogP contribution in [0.3, 0.4) is 0 Å². The number of imidazole rings is 1. The number of rotatable bonds is 5.